The Morgan fingerprint density at radius 2 is 2.08 bits per heavy atom. The van der Waals surface area contributed by atoms with Crippen molar-refractivity contribution >= 4 is 54.5 Å². The molecule has 2 N–H and O–H groups in total. The quantitative estimate of drug-likeness (QED) is 0.315. The average molecular weight is 414 g/mol. The standard InChI is InChI=1S/C7H11Br2IO2/c8-4-3-6(2-1-5-10)7(9,11)12/h2,11-12H,1,3-5H2. The molecule has 0 heterocycles. The van der Waals surface area contributed by atoms with Crippen LogP contribution in [-0.2, 0) is 0 Å². The Kier molecular flexibility index (Phi) is 7.51. The summed E-state index contributed by atoms with van der Waals surface area (Å²) in [5.74, 6) is 0. The van der Waals surface area contributed by atoms with Crippen molar-refractivity contribution in [1.82, 2.24) is 0 Å². The summed E-state index contributed by atoms with van der Waals surface area (Å²) >= 11 is 8.29. The third-order valence-electron chi connectivity index (χ3n) is 1.27. The van der Waals surface area contributed by atoms with Crippen LogP contribution in [-0.4, -0.2) is 24.7 Å². The van der Waals surface area contributed by atoms with Gasteiger partial charge in [-0.3, -0.25) is 0 Å². The van der Waals surface area contributed by atoms with Crippen LogP contribution in [0.4, 0.5) is 0 Å². The van der Waals surface area contributed by atoms with Crippen LogP contribution >= 0.6 is 54.5 Å². The van der Waals surface area contributed by atoms with Gasteiger partial charge in [0, 0.05) is 9.76 Å². The maximum absolute atomic E-state index is 9.22. The van der Waals surface area contributed by atoms with E-state index in [1.807, 2.05) is 6.08 Å². The molecule has 0 unspecified atom stereocenters. The van der Waals surface area contributed by atoms with E-state index in [4.69, 9.17) is 0 Å². The first-order valence-electron chi connectivity index (χ1n) is 3.47. The molecular formula is C7H11Br2IO2. The largest absolute Gasteiger partial charge is 0.354 e. The summed E-state index contributed by atoms with van der Waals surface area (Å²) in [6, 6.07) is 0. The van der Waals surface area contributed by atoms with E-state index >= 15 is 0 Å². The van der Waals surface area contributed by atoms with Crippen LogP contribution in [0.5, 0.6) is 0 Å². The summed E-state index contributed by atoms with van der Waals surface area (Å²) < 4.78 is -0.862. The second kappa shape index (κ2) is 6.75. The maximum atomic E-state index is 9.22. The van der Waals surface area contributed by atoms with Gasteiger partial charge in [-0.25, -0.2) is 0 Å². The molecule has 0 spiro atoms. The van der Waals surface area contributed by atoms with Crippen molar-refractivity contribution in [3.63, 3.8) is 0 Å². The molecule has 72 valence electrons. The van der Waals surface area contributed by atoms with E-state index in [1.54, 1.807) is 0 Å². The van der Waals surface area contributed by atoms with Crippen molar-refractivity contribution in [2.45, 2.75) is 17.5 Å². The van der Waals surface area contributed by atoms with E-state index in [0.29, 0.717) is 12.0 Å². The second-order valence-electron chi connectivity index (χ2n) is 2.23. The number of aliphatic hydroxyl groups is 2. The van der Waals surface area contributed by atoms with Crippen LogP contribution in [0.15, 0.2) is 11.6 Å². The first kappa shape index (κ1) is 13.4. The van der Waals surface area contributed by atoms with E-state index in [-0.39, 0.29) is 0 Å². The van der Waals surface area contributed by atoms with Crippen LogP contribution in [0.2, 0.25) is 0 Å². The van der Waals surface area contributed by atoms with Gasteiger partial charge in [-0.15, -0.1) is 0 Å². The highest BCUT2D eigenvalue weighted by Crippen LogP contribution is 2.24. The molecule has 0 amide bonds. The molecule has 0 fully saturated rings. The number of hydrogen-bond acceptors (Lipinski definition) is 2. The normalized spacial score (nSPS) is 13.6. The van der Waals surface area contributed by atoms with Crippen LogP contribution in [0.3, 0.4) is 0 Å². The smallest absolute Gasteiger partial charge is 0.244 e. The summed E-state index contributed by atoms with van der Waals surface area (Å²) in [6.45, 7) is 0. The van der Waals surface area contributed by atoms with Gasteiger partial charge in [0.05, 0.1) is 0 Å². The van der Waals surface area contributed by atoms with E-state index in [2.05, 4.69) is 54.5 Å². The summed E-state index contributed by atoms with van der Waals surface area (Å²) in [5, 5.41) is 19.2. The maximum Gasteiger partial charge on any atom is 0.244 e. The van der Waals surface area contributed by atoms with Crippen LogP contribution in [0.1, 0.15) is 12.8 Å². The number of rotatable bonds is 5. The molecular weight excluding hydrogens is 403 g/mol. The Bertz CT molecular complexity index is 154. The predicted molar refractivity (Wildman–Crippen MR) is 66.1 cm³/mol. The van der Waals surface area contributed by atoms with Crippen LogP contribution < -0.4 is 0 Å². The number of allylic oxidation sites excluding steroid dienone is 1. The molecule has 0 aliphatic heterocycles. The highest BCUT2D eigenvalue weighted by Gasteiger charge is 2.22. The Morgan fingerprint density at radius 3 is 2.42 bits per heavy atom. The van der Waals surface area contributed by atoms with E-state index in [9.17, 15) is 10.2 Å². The lowest BCUT2D eigenvalue weighted by Crippen LogP contribution is -2.22. The molecule has 0 radical (unpaired) electrons. The van der Waals surface area contributed by atoms with Gasteiger partial charge < -0.3 is 10.2 Å². The van der Waals surface area contributed by atoms with Crippen molar-refractivity contribution in [3.8, 4) is 0 Å². The Balaban J connectivity index is 4.22. The molecule has 5 heteroatoms. The number of halogens is 3. The van der Waals surface area contributed by atoms with Gasteiger partial charge in [-0.2, -0.15) is 0 Å². The van der Waals surface area contributed by atoms with Gasteiger partial charge >= 0.3 is 0 Å². The van der Waals surface area contributed by atoms with Crippen LogP contribution in [0, 0.1) is 0 Å². The highest BCUT2D eigenvalue weighted by atomic mass is 127. The lowest BCUT2D eigenvalue weighted by Gasteiger charge is -2.17. The summed E-state index contributed by atoms with van der Waals surface area (Å²) in [7, 11) is 0. The monoisotopic (exact) mass is 412 g/mol. The lowest BCUT2D eigenvalue weighted by atomic mass is 10.1. The Hall–Kier alpha value is 1.35. The molecule has 0 aromatic carbocycles. The highest BCUT2D eigenvalue weighted by molar-refractivity contribution is 14.1. The van der Waals surface area contributed by atoms with Gasteiger partial charge in [0.1, 0.15) is 0 Å². The SMILES string of the molecule is OC(O)(Br)C(=CCCI)CCBr. The second-order valence-corrected chi connectivity index (χ2v) is 5.21. The zero-order chi connectivity index (χ0) is 9.61. The van der Waals surface area contributed by atoms with Crippen LogP contribution in [0.25, 0.3) is 0 Å². The average Bonchev–Trinajstić information content (AvgIpc) is 1.95. The molecule has 0 aromatic rings. The van der Waals surface area contributed by atoms with Gasteiger partial charge in [0.15, 0.2) is 0 Å². The Labute approximate surface area is 103 Å². The fourth-order valence-corrected chi connectivity index (χ4v) is 1.82. The van der Waals surface area contributed by atoms with Gasteiger partial charge in [-0.05, 0) is 34.3 Å². The van der Waals surface area contributed by atoms with Gasteiger partial charge in [0.25, 0.3) is 0 Å². The van der Waals surface area contributed by atoms with Gasteiger partial charge in [-0.1, -0.05) is 44.6 Å². The van der Waals surface area contributed by atoms with E-state index < -0.39 is 4.70 Å². The molecule has 0 bridgehead atoms. The van der Waals surface area contributed by atoms with Crippen molar-refractivity contribution in [1.29, 1.82) is 0 Å². The third-order valence-corrected chi connectivity index (χ3v) is 2.80. The van der Waals surface area contributed by atoms with Gasteiger partial charge in [0.2, 0.25) is 4.70 Å². The number of hydrogen-bond donors (Lipinski definition) is 2. The lowest BCUT2D eigenvalue weighted by molar-refractivity contribution is -0.0381. The molecule has 0 aliphatic rings. The first-order valence-corrected chi connectivity index (χ1v) is 6.91. The summed E-state index contributed by atoms with van der Waals surface area (Å²) in [5.41, 5.74) is 0.607. The predicted octanol–water partition coefficient (Wildman–Crippen LogP) is 2.56. The van der Waals surface area contributed by atoms with Crippen molar-refractivity contribution in [2.75, 3.05) is 9.76 Å². The van der Waals surface area contributed by atoms with Crippen molar-refractivity contribution < 1.29 is 10.2 Å². The van der Waals surface area contributed by atoms with E-state index in [0.717, 1.165) is 16.2 Å². The van der Waals surface area contributed by atoms with Crippen molar-refractivity contribution in [3.05, 3.63) is 11.6 Å². The number of alkyl halides is 3. The molecule has 0 atom stereocenters. The minimum atomic E-state index is -1.84. The minimum Gasteiger partial charge on any atom is -0.354 e. The summed E-state index contributed by atoms with van der Waals surface area (Å²) in [6.07, 6.45) is 3.34. The first-order chi connectivity index (χ1) is 5.52. The fraction of sp³-hybridized carbons (Fsp3) is 0.714. The fourth-order valence-electron chi connectivity index (χ4n) is 0.722. The minimum absolute atomic E-state index is 0.607. The molecule has 12 heavy (non-hydrogen) atoms. The molecule has 2 nitrogen and oxygen atoms in total. The molecule has 0 rings (SSSR count). The molecule has 0 aromatic heterocycles. The zero-order valence-electron chi connectivity index (χ0n) is 6.43. The summed E-state index contributed by atoms with van der Waals surface area (Å²) in [4.78, 5) is 0. The third kappa shape index (κ3) is 5.90. The molecule has 0 saturated carbocycles. The Morgan fingerprint density at radius 1 is 1.50 bits per heavy atom. The topological polar surface area (TPSA) is 40.5 Å². The molecule has 0 aliphatic carbocycles. The molecule has 0 saturated heterocycles. The zero-order valence-corrected chi connectivity index (χ0v) is 11.8. The van der Waals surface area contributed by atoms with Crippen molar-refractivity contribution in [2.24, 2.45) is 0 Å². The van der Waals surface area contributed by atoms with E-state index in [1.165, 1.54) is 0 Å².